The Bertz CT molecular complexity index is 449. The molecule has 20 heavy (non-hydrogen) atoms. The van der Waals surface area contributed by atoms with Gasteiger partial charge in [0.1, 0.15) is 0 Å². The summed E-state index contributed by atoms with van der Waals surface area (Å²) in [6, 6.07) is 8.89. The van der Waals surface area contributed by atoms with Gasteiger partial charge in [0.2, 0.25) is 0 Å². The van der Waals surface area contributed by atoms with Crippen molar-refractivity contribution < 1.29 is 0 Å². The van der Waals surface area contributed by atoms with Crippen LogP contribution in [0.1, 0.15) is 51.2 Å². The van der Waals surface area contributed by atoms with E-state index >= 15 is 0 Å². The summed E-state index contributed by atoms with van der Waals surface area (Å²) in [5.74, 6) is 1.36. The SMILES string of the molecule is CC(C)CC1CN=C(NCc2ccc(C(C)C)cc2)S1. The number of rotatable bonds is 5. The Kier molecular flexibility index (Phi) is 5.53. The quantitative estimate of drug-likeness (QED) is 0.868. The molecule has 1 heterocycles. The van der Waals surface area contributed by atoms with Crippen LogP contribution in [0.2, 0.25) is 0 Å². The third-order valence-electron chi connectivity index (χ3n) is 3.54. The van der Waals surface area contributed by atoms with Crippen LogP contribution in [-0.4, -0.2) is 17.0 Å². The first kappa shape index (κ1) is 15.4. The van der Waals surface area contributed by atoms with Crippen molar-refractivity contribution >= 4 is 16.9 Å². The van der Waals surface area contributed by atoms with E-state index in [1.54, 1.807) is 0 Å². The van der Waals surface area contributed by atoms with Crippen molar-refractivity contribution in [2.24, 2.45) is 10.9 Å². The Morgan fingerprint density at radius 1 is 1.20 bits per heavy atom. The predicted molar refractivity (Wildman–Crippen MR) is 90.5 cm³/mol. The zero-order valence-electron chi connectivity index (χ0n) is 13.0. The number of benzene rings is 1. The molecule has 0 saturated carbocycles. The average molecular weight is 290 g/mol. The minimum atomic E-state index is 0.601. The molecule has 0 saturated heterocycles. The molecule has 0 amide bonds. The lowest BCUT2D eigenvalue weighted by atomic mass is 10.0. The third-order valence-corrected chi connectivity index (χ3v) is 4.71. The highest BCUT2D eigenvalue weighted by molar-refractivity contribution is 8.14. The number of hydrogen-bond acceptors (Lipinski definition) is 3. The molecule has 3 heteroatoms. The molecule has 1 aliphatic rings. The van der Waals surface area contributed by atoms with Crippen molar-refractivity contribution in [1.29, 1.82) is 0 Å². The highest BCUT2D eigenvalue weighted by Gasteiger charge is 2.20. The number of nitrogens with one attached hydrogen (secondary N) is 1. The summed E-state index contributed by atoms with van der Waals surface area (Å²) in [7, 11) is 0. The summed E-state index contributed by atoms with van der Waals surface area (Å²) < 4.78 is 0. The maximum absolute atomic E-state index is 4.60. The van der Waals surface area contributed by atoms with Gasteiger partial charge in [0.25, 0.3) is 0 Å². The second kappa shape index (κ2) is 7.16. The average Bonchev–Trinajstić information content (AvgIpc) is 2.83. The van der Waals surface area contributed by atoms with Gasteiger partial charge in [-0.25, -0.2) is 0 Å². The van der Waals surface area contributed by atoms with Crippen molar-refractivity contribution in [2.75, 3.05) is 6.54 Å². The normalized spacial score (nSPS) is 18.7. The lowest BCUT2D eigenvalue weighted by Crippen LogP contribution is -2.19. The third kappa shape index (κ3) is 4.55. The first-order valence-corrected chi connectivity index (χ1v) is 8.46. The number of thioether (sulfide) groups is 1. The van der Waals surface area contributed by atoms with Crippen molar-refractivity contribution in [1.82, 2.24) is 5.32 Å². The van der Waals surface area contributed by atoms with Crippen LogP contribution in [0.5, 0.6) is 0 Å². The zero-order chi connectivity index (χ0) is 14.5. The molecule has 2 rings (SSSR count). The van der Waals surface area contributed by atoms with E-state index in [9.17, 15) is 0 Å². The highest BCUT2D eigenvalue weighted by Crippen LogP contribution is 2.25. The van der Waals surface area contributed by atoms with E-state index in [1.165, 1.54) is 17.5 Å². The fourth-order valence-electron chi connectivity index (χ4n) is 2.36. The first-order valence-electron chi connectivity index (χ1n) is 7.58. The van der Waals surface area contributed by atoms with Gasteiger partial charge in [-0.3, -0.25) is 4.99 Å². The minimum Gasteiger partial charge on any atom is -0.361 e. The topological polar surface area (TPSA) is 24.4 Å². The van der Waals surface area contributed by atoms with Crippen LogP contribution in [0.25, 0.3) is 0 Å². The Labute approximate surface area is 127 Å². The van der Waals surface area contributed by atoms with E-state index in [4.69, 9.17) is 0 Å². The van der Waals surface area contributed by atoms with Gasteiger partial charge in [0.05, 0.1) is 6.54 Å². The molecule has 110 valence electrons. The van der Waals surface area contributed by atoms with Crippen LogP contribution in [0, 0.1) is 5.92 Å². The largest absolute Gasteiger partial charge is 0.361 e. The second-order valence-electron chi connectivity index (χ2n) is 6.27. The monoisotopic (exact) mass is 290 g/mol. The highest BCUT2D eigenvalue weighted by atomic mass is 32.2. The molecular formula is C17H26N2S. The molecule has 1 atom stereocenters. The van der Waals surface area contributed by atoms with Crippen LogP contribution < -0.4 is 5.32 Å². The molecule has 2 nitrogen and oxygen atoms in total. The van der Waals surface area contributed by atoms with E-state index in [2.05, 4.69) is 62.3 Å². The molecule has 1 aliphatic heterocycles. The Morgan fingerprint density at radius 2 is 1.90 bits per heavy atom. The van der Waals surface area contributed by atoms with Crippen LogP contribution >= 0.6 is 11.8 Å². The van der Waals surface area contributed by atoms with Crippen molar-refractivity contribution in [3.63, 3.8) is 0 Å². The molecule has 0 spiro atoms. The molecule has 0 bridgehead atoms. The van der Waals surface area contributed by atoms with Gasteiger partial charge in [-0.1, -0.05) is 63.7 Å². The van der Waals surface area contributed by atoms with Crippen LogP contribution in [-0.2, 0) is 6.54 Å². The molecule has 0 aromatic heterocycles. The number of nitrogens with zero attached hydrogens (tertiary/aromatic N) is 1. The Hall–Kier alpha value is -0.960. The van der Waals surface area contributed by atoms with Crippen LogP contribution in [0.15, 0.2) is 29.3 Å². The molecular weight excluding hydrogens is 264 g/mol. The molecule has 1 unspecified atom stereocenters. The van der Waals surface area contributed by atoms with Gasteiger partial charge < -0.3 is 5.32 Å². The van der Waals surface area contributed by atoms with Gasteiger partial charge in [-0.05, 0) is 29.4 Å². The van der Waals surface area contributed by atoms with E-state index < -0.39 is 0 Å². The van der Waals surface area contributed by atoms with Crippen molar-refractivity contribution in [3.8, 4) is 0 Å². The van der Waals surface area contributed by atoms with Gasteiger partial charge >= 0.3 is 0 Å². The minimum absolute atomic E-state index is 0.601. The Morgan fingerprint density at radius 3 is 2.50 bits per heavy atom. The van der Waals surface area contributed by atoms with E-state index in [1.807, 2.05) is 11.8 Å². The van der Waals surface area contributed by atoms with E-state index in [0.29, 0.717) is 11.2 Å². The summed E-state index contributed by atoms with van der Waals surface area (Å²) >= 11 is 1.91. The van der Waals surface area contributed by atoms with Gasteiger partial charge in [-0.2, -0.15) is 0 Å². The van der Waals surface area contributed by atoms with Crippen LogP contribution in [0.4, 0.5) is 0 Å². The molecule has 0 aliphatic carbocycles. The fourth-order valence-corrected chi connectivity index (χ4v) is 3.61. The smallest absolute Gasteiger partial charge is 0.157 e. The van der Waals surface area contributed by atoms with E-state index in [0.717, 1.165) is 24.2 Å². The lowest BCUT2D eigenvalue weighted by molar-refractivity contribution is 0.575. The van der Waals surface area contributed by atoms with E-state index in [-0.39, 0.29) is 0 Å². The standard InChI is InChI=1S/C17H26N2S/c1-12(2)9-16-11-19-17(20-16)18-10-14-5-7-15(8-6-14)13(3)4/h5-8,12-13,16H,9-11H2,1-4H3,(H,18,19). The maximum Gasteiger partial charge on any atom is 0.157 e. The van der Waals surface area contributed by atoms with Gasteiger partial charge in [-0.15, -0.1) is 0 Å². The number of hydrogen-bond donors (Lipinski definition) is 1. The van der Waals surface area contributed by atoms with Gasteiger partial charge in [0.15, 0.2) is 5.17 Å². The summed E-state index contributed by atoms with van der Waals surface area (Å²) in [6.45, 7) is 10.9. The summed E-state index contributed by atoms with van der Waals surface area (Å²) in [5, 5.41) is 5.24. The summed E-state index contributed by atoms with van der Waals surface area (Å²) in [4.78, 5) is 4.60. The summed E-state index contributed by atoms with van der Waals surface area (Å²) in [5.41, 5.74) is 2.73. The van der Waals surface area contributed by atoms with Crippen LogP contribution in [0.3, 0.4) is 0 Å². The molecule has 0 radical (unpaired) electrons. The molecule has 1 N–H and O–H groups in total. The fraction of sp³-hybridized carbons (Fsp3) is 0.588. The maximum atomic E-state index is 4.60. The zero-order valence-corrected chi connectivity index (χ0v) is 13.8. The Balaban J connectivity index is 1.78. The molecule has 0 fully saturated rings. The first-order chi connectivity index (χ1) is 9.54. The number of aliphatic imine (C=N–C) groups is 1. The molecule has 1 aromatic rings. The van der Waals surface area contributed by atoms with Crippen molar-refractivity contribution in [3.05, 3.63) is 35.4 Å². The predicted octanol–water partition coefficient (Wildman–Crippen LogP) is 4.42. The summed E-state index contributed by atoms with van der Waals surface area (Å²) in [6.07, 6.45) is 1.25. The van der Waals surface area contributed by atoms with Crippen molar-refractivity contribution in [2.45, 2.75) is 51.8 Å². The van der Waals surface area contributed by atoms with Gasteiger partial charge in [0, 0.05) is 11.8 Å². The number of amidine groups is 1. The molecule has 1 aromatic carbocycles. The lowest BCUT2D eigenvalue weighted by Gasteiger charge is -2.11. The second-order valence-corrected chi connectivity index (χ2v) is 7.55.